The van der Waals surface area contributed by atoms with Gasteiger partial charge in [0, 0.05) is 11.1 Å². The van der Waals surface area contributed by atoms with E-state index < -0.39 is 39.5 Å². The van der Waals surface area contributed by atoms with E-state index in [1.54, 1.807) is 0 Å². The minimum Gasteiger partial charge on any atom is -0.317 e. The number of Topliss-reactive ketones (excluding diaryl/α,β-unsaturated/α-hetero) is 1. The molecule has 0 amide bonds. The molecule has 152 valence electrons. The van der Waals surface area contributed by atoms with Crippen LogP contribution in [0.3, 0.4) is 0 Å². The zero-order valence-corrected chi connectivity index (χ0v) is 16.6. The van der Waals surface area contributed by atoms with Gasteiger partial charge < -0.3 is 4.57 Å². The Labute approximate surface area is 169 Å². The number of hydrogen-bond acceptors (Lipinski definition) is 4. The maximum Gasteiger partial charge on any atom is 0.393 e. The molecule has 1 aliphatic carbocycles. The number of imidazole rings is 1. The second-order valence-electron chi connectivity index (χ2n) is 6.57. The van der Waals surface area contributed by atoms with E-state index in [4.69, 9.17) is 23.2 Å². The quantitative estimate of drug-likeness (QED) is 0.611. The molecule has 2 aromatic rings. The van der Waals surface area contributed by atoms with Crippen molar-refractivity contribution in [3.8, 4) is 0 Å². The van der Waals surface area contributed by atoms with Crippen molar-refractivity contribution in [2.45, 2.75) is 36.4 Å². The third-order valence-electron chi connectivity index (χ3n) is 4.75. The van der Waals surface area contributed by atoms with Crippen LogP contribution in [-0.2, 0) is 9.84 Å². The van der Waals surface area contributed by atoms with E-state index >= 15 is 0 Å². The summed E-state index contributed by atoms with van der Waals surface area (Å²) in [5.41, 5.74) is -0.355. The van der Waals surface area contributed by atoms with E-state index in [9.17, 15) is 26.4 Å². The van der Waals surface area contributed by atoms with Gasteiger partial charge in [-0.3, -0.25) is 4.79 Å². The number of nitrogens with zero attached hydrogens (tertiary/aromatic N) is 2. The average Bonchev–Trinajstić information content (AvgIpc) is 3.20. The van der Waals surface area contributed by atoms with E-state index in [1.807, 2.05) is 0 Å². The fourth-order valence-electron chi connectivity index (χ4n) is 3.39. The van der Waals surface area contributed by atoms with Crippen LogP contribution in [0.25, 0.3) is 0 Å². The zero-order valence-electron chi connectivity index (χ0n) is 14.3. The average molecular weight is 455 g/mol. The molecule has 1 fully saturated rings. The fraction of sp³-hybridized carbons (Fsp3) is 0.412. The Balaban J connectivity index is 1.83. The molecule has 1 saturated carbocycles. The molecule has 1 aliphatic rings. The molecule has 3 rings (SSSR count). The zero-order chi connectivity index (χ0) is 20.7. The molecular formula is C17H15Cl2F3N2O3S. The van der Waals surface area contributed by atoms with Crippen LogP contribution in [0, 0.1) is 5.92 Å². The molecule has 2 atom stereocenters. The molecule has 0 spiro atoms. The SMILES string of the molecule is O=C(CS(=O)(=O)c1ccc(Cl)cc1)c1ncn(C2CCCC2C(F)(F)F)c1Cl. The summed E-state index contributed by atoms with van der Waals surface area (Å²) in [6, 6.07) is 4.31. The summed E-state index contributed by atoms with van der Waals surface area (Å²) in [6.45, 7) is 0. The van der Waals surface area contributed by atoms with Gasteiger partial charge in [-0.25, -0.2) is 13.4 Å². The Kier molecular flexibility index (Phi) is 5.80. The first-order valence-corrected chi connectivity index (χ1v) is 10.7. The summed E-state index contributed by atoms with van der Waals surface area (Å²) in [5.74, 6) is -3.38. The molecular weight excluding hydrogens is 440 g/mol. The Hall–Kier alpha value is -1.58. The number of halogens is 5. The van der Waals surface area contributed by atoms with Gasteiger partial charge in [-0.15, -0.1) is 0 Å². The van der Waals surface area contributed by atoms with Crippen LogP contribution in [0.4, 0.5) is 13.2 Å². The highest BCUT2D eigenvalue weighted by Crippen LogP contribution is 2.46. The van der Waals surface area contributed by atoms with Gasteiger partial charge in [0.2, 0.25) is 0 Å². The molecule has 2 unspecified atom stereocenters. The molecule has 1 aromatic heterocycles. The summed E-state index contributed by atoms with van der Waals surface area (Å²) in [5, 5.41) is 0.0558. The maximum atomic E-state index is 13.2. The molecule has 0 aliphatic heterocycles. The highest BCUT2D eigenvalue weighted by molar-refractivity contribution is 7.92. The minimum atomic E-state index is -4.39. The number of rotatable bonds is 5. The molecule has 1 aromatic carbocycles. The number of alkyl halides is 3. The van der Waals surface area contributed by atoms with E-state index in [0.29, 0.717) is 11.4 Å². The molecule has 28 heavy (non-hydrogen) atoms. The smallest absolute Gasteiger partial charge is 0.317 e. The Morgan fingerprint density at radius 1 is 1.18 bits per heavy atom. The lowest BCUT2D eigenvalue weighted by Gasteiger charge is -2.24. The second kappa shape index (κ2) is 7.68. The maximum absolute atomic E-state index is 13.2. The van der Waals surface area contributed by atoms with Crippen molar-refractivity contribution in [1.29, 1.82) is 0 Å². The molecule has 0 bridgehead atoms. The van der Waals surface area contributed by atoms with Crippen molar-refractivity contribution in [2.75, 3.05) is 5.75 Å². The van der Waals surface area contributed by atoms with E-state index in [1.165, 1.54) is 24.3 Å². The van der Waals surface area contributed by atoms with Gasteiger partial charge in [0.15, 0.2) is 15.6 Å². The first kappa shape index (κ1) is 21.1. The number of ketones is 1. The first-order chi connectivity index (χ1) is 13.0. The summed E-state index contributed by atoms with van der Waals surface area (Å²) >= 11 is 11.8. The van der Waals surface area contributed by atoms with E-state index in [2.05, 4.69) is 4.98 Å². The topological polar surface area (TPSA) is 69.0 Å². The van der Waals surface area contributed by atoms with Crippen LogP contribution in [0.5, 0.6) is 0 Å². The fourth-order valence-corrected chi connectivity index (χ4v) is 5.03. The third kappa shape index (κ3) is 4.21. The van der Waals surface area contributed by atoms with Crippen LogP contribution in [-0.4, -0.2) is 35.7 Å². The Morgan fingerprint density at radius 3 is 2.43 bits per heavy atom. The van der Waals surface area contributed by atoms with Gasteiger partial charge in [-0.2, -0.15) is 13.2 Å². The lowest BCUT2D eigenvalue weighted by Crippen LogP contribution is -2.28. The van der Waals surface area contributed by atoms with Gasteiger partial charge in [-0.1, -0.05) is 29.6 Å². The van der Waals surface area contributed by atoms with Gasteiger partial charge in [-0.05, 0) is 37.1 Å². The minimum absolute atomic E-state index is 0.0309. The molecule has 11 heteroatoms. The van der Waals surface area contributed by atoms with Gasteiger partial charge in [0.25, 0.3) is 0 Å². The summed E-state index contributed by atoms with van der Waals surface area (Å²) in [4.78, 5) is 16.1. The van der Waals surface area contributed by atoms with E-state index in [-0.39, 0.29) is 28.6 Å². The molecule has 5 nitrogen and oxygen atoms in total. The predicted molar refractivity (Wildman–Crippen MR) is 97.5 cm³/mol. The van der Waals surface area contributed by atoms with Crippen LogP contribution < -0.4 is 0 Å². The highest BCUT2D eigenvalue weighted by atomic mass is 35.5. The second-order valence-corrected chi connectivity index (χ2v) is 9.36. The van der Waals surface area contributed by atoms with Gasteiger partial charge >= 0.3 is 6.18 Å². The number of benzene rings is 1. The van der Waals surface area contributed by atoms with Gasteiger partial charge in [0.1, 0.15) is 16.6 Å². The first-order valence-electron chi connectivity index (χ1n) is 8.31. The highest BCUT2D eigenvalue weighted by Gasteiger charge is 2.48. The van der Waals surface area contributed by atoms with Crippen molar-refractivity contribution in [2.24, 2.45) is 5.92 Å². The monoisotopic (exact) mass is 454 g/mol. The largest absolute Gasteiger partial charge is 0.393 e. The van der Waals surface area contributed by atoms with Crippen molar-refractivity contribution in [1.82, 2.24) is 9.55 Å². The van der Waals surface area contributed by atoms with Gasteiger partial charge in [0.05, 0.1) is 17.1 Å². The molecule has 0 N–H and O–H groups in total. The lowest BCUT2D eigenvalue weighted by atomic mass is 10.0. The third-order valence-corrected chi connectivity index (χ3v) is 7.01. The number of hydrogen-bond donors (Lipinski definition) is 0. The lowest BCUT2D eigenvalue weighted by molar-refractivity contribution is -0.181. The number of carbonyl (C=O) groups excluding carboxylic acids is 1. The molecule has 1 heterocycles. The molecule has 0 radical (unpaired) electrons. The van der Waals surface area contributed by atoms with Crippen LogP contribution in [0.2, 0.25) is 10.2 Å². The van der Waals surface area contributed by atoms with Crippen LogP contribution in [0.1, 0.15) is 35.8 Å². The van der Waals surface area contributed by atoms with Crippen molar-refractivity contribution in [3.63, 3.8) is 0 Å². The summed E-state index contributed by atoms with van der Waals surface area (Å²) in [6.07, 6.45) is -2.73. The van der Waals surface area contributed by atoms with Crippen LogP contribution in [0.15, 0.2) is 35.5 Å². The van der Waals surface area contributed by atoms with Crippen molar-refractivity contribution in [3.05, 3.63) is 46.5 Å². The van der Waals surface area contributed by atoms with E-state index in [0.717, 1.165) is 10.9 Å². The number of carbonyl (C=O) groups is 1. The normalized spacial score (nSPS) is 20.5. The number of sulfone groups is 1. The summed E-state index contributed by atoms with van der Waals surface area (Å²) in [7, 11) is -3.98. The predicted octanol–water partition coefficient (Wildman–Crippen LogP) is 4.75. The number of aromatic nitrogens is 2. The van der Waals surface area contributed by atoms with Crippen molar-refractivity contribution >= 4 is 38.8 Å². The standard InChI is InChI=1S/C17H15Cl2F3N2O3S/c18-10-4-6-11(7-5-10)28(26,27)8-14(25)15-16(19)24(9-23-15)13-3-1-2-12(13)17(20,21)22/h4-7,9,12-13H,1-3,8H2. The summed E-state index contributed by atoms with van der Waals surface area (Å²) < 4.78 is 65.5. The Morgan fingerprint density at radius 2 is 1.82 bits per heavy atom. The Bertz CT molecular complexity index is 988. The van der Waals surface area contributed by atoms with Crippen molar-refractivity contribution < 1.29 is 26.4 Å². The molecule has 0 saturated heterocycles. The van der Waals surface area contributed by atoms with Crippen LogP contribution >= 0.6 is 23.2 Å².